The minimum Gasteiger partial charge on any atom is -0.476 e. The van der Waals surface area contributed by atoms with Gasteiger partial charge in [0.25, 0.3) is 0 Å². The highest BCUT2D eigenvalue weighted by Gasteiger charge is 2.23. The zero-order valence-electron chi connectivity index (χ0n) is 8.49. The summed E-state index contributed by atoms with van der Waals surface area (Å²) in [6, 6.07) is 2.11. The number of carboxylic acids is 1. The topological polar surface area (TPSA) is 66.0 Å². The first-order valence-corrected chi connectivity index (χ1v) is 6.02. The van der Waals surface area contributed by atoms with E-state index in [2.05, 4.69) is 16.3 Å². The van der Waals surface area contributed by atoms with E-state index in [4.69, 9.17) is 5.11 Å². The molecule has 0 aromatic carbocycles. The molecule has 16 heavy (non-hydrogen) atoms. The molecule has 82 valence electrons. The van der Waals surface area contributed by atoms with Gasteiger partial charge in [-0.3, -0.25) is 5.10 Å². The number of rotatable bonds is 1. The van der Waals surface area contributed by atoms with Crippen molar-refractivity contribution in [3.05, 3.63) is 28.3 Å². The third-order valence-electron chi connectivity index (χ3n) is 2.92. The molecule has 0 radical (unpaired) electrons. The summed E-state index contributed by atoms with van der Waals surface area (Å²) in [6.45, 7) is 0. The summed E-state index contributed by atoms with van der Waals surface area (Å²) < 4.78 is 0. The molecule has 0 atom stereocenters. The van der Waals surface area contributed by atoms with E-state index in [1.807, 2.05) is 5.38 Å². The van der Waals surface area contributed by atoms with Crippen molar-refractivity contribution in [3.63, 3.8) is 0 Å². The molecule has 2 aromatic heterocycles. The molecule has 1 aliphatic rings. The van der Waals surface area contributed by atoms with Crippen molar-refractivity contribution in [1.29, 1.82) is 0 Å². The Bertz CT molecular complexity index is 556. The Morgan fingerprint density at radius 2 is 2.38 bits per heavy atom. The zero-order valence-corrected chi connectivity index (χ0v) is 9.30. The molecule has 0 fully saturated rings. The Morgan fingerprint density at radius 3 is 3.19 bits per heavy atom. The molecule has 0 amide bonds. The molecule has 3 rings (SSSR count). The van der Waals surface area contributed by atoms with Gasteiger partial charge < -0.3 is 5.11 Å². The van der Waals surface area contributed by atoms with Crippen molar-refractivity contribution >= 4 is 17.3 Å². The number of carboxylic acid groups (broad SMARTS) is 1. The van der Waals surface area contributed by atoms with E-state index in [0.29, 0.717) is 0 Å². The number of H-pyrrole nitrogens is 1. The summed E-state index contributed by atoms with van der Waals surface area (Å²) in [5, 5.41) is 17.9. The maximum Gasteiger partial charge on any atom is 0.356 e. The molecule has 4 nitrogen and oxygen atoms in total. The molecular formula is C11H10N2O2S. The third kappa shape index (κ3) is 1.28. The molecule has 1 aliphatic carbocycles. The first kappa shape index (κ1) is 9.59. The average Bonchev–Trinajstić information content (AvgIpc) is 2.82. The molecular weight excluding hydrogens is 224 g/mol. The van der Waals surface area contributed by atoms with E-state index in [0.717, 1.165) is 35.4 Å². The van der Waals surface area contributed by atoms with Gasteiger partial charge in [0.2, 0.25) is 0 Å². The van der Waals surface area contributed by atoms with Crippen LogP contribution in [0, 0.1) is 0 Å². The molecule has 0 aliphatic heterocycles. The van der Waals surface area contributed by atoms with Crippen molar-refractivity contribution in [3.8, 4) is 10.6 Å². The van der Waals surface area contributed by atoms with Crippen LogP contribution in [0.4, 0.5) is 0 Å². The fourth-order valence-electron chi connectivity index (χ4n) is 2.18. The highest BCUT2D eigenvalue weighted by molar-refractivity contribution is 7.13. The molecule has 0 unspecified atom stereocenters. The van der Waals surface area contributed by atoms with Crippen LogP contribution in [0.1, 0.15) is 28.0 Å². The lowest BCUT2D eigenvalue weighted by Crippen LogP contribution is -2.01. The summed E-state index contributed by atoms with van der Waals surface area (Å²) >= 11 is 1.64. The number of aromatic amines is 1. The van der Waals surface area contributed by atoms with Gasteiger partial charge >= 0.3 is 5.97 Å². The number of nitrogens with zero attached hydrogens (tertiary/aromatic N) is 1. The molecule has 0 saturated carbocycles. The fourth-order valence-corrected chi connectivity index (χ4v) is 3.16. The van der Waals surface area contributed by atoms with Crippen LogP contribution < -0.4 is 0 Å². The Morgan fingerprint density at radius 1 is 1.50 bits per heavy atom. The van der Waals surface area contributed by atoms with Gasteiger partial charge in [0.05, 0.1) is 10.6 Å². The SMILES string of the molecule is O=C(O)c1n[nH]c2c1CCCc1ccsc1-2. The number of aryl methyl sites for hydroxylation is 1. The highest BCUT2D eigenvalue weighted by atomic mass is 32.1. The van der Waals surface area contributed by atoms with Crippen LogP contribution in [0.3, 0.4) is 0 Å². The van der Waals surface area contributed by atoms with E-state index >= 15 is 0 Å². The number of hydrogen-bond donors (Lipinski definition) is 2. The second kappa shape index (κ2) is 3.45. The number of aromatic carboxylic acids is 1. The summed E-state index contributed by atoms with van der Waals surface area (Å²) in [6.07, 6.45) is 2.78. The Hall–Kier alpha value is -1.62. The van der Waals surface area contributed by atoms with Crippen LogP contribution in [-0.2, 0) is 12.8 Å². The van der Waals surface area contributed by atoms with Crippen molar-refractivity contribution in [2.45, 2.75) is 19.3 Å². The molecule has 0 spiro atoms. The molecule has 0 saturated heterocycles. The summed E-state index contributed by atoms with van der Waals surface area (Å²) in [5.41, 5.74) is 3.23. The average molecular weight is 234 g/mol. The first-order chi connectivity index (χ1) is 7.77. The lowest BCUT2D eigenvalue weighted by atomic mass is 10.1. The van der Waals surface area contributed by atoms with Gasteiger partial charge in [-0.25, -0.2) is 4.79 Å². The molecule has 2 N–H and O–H groups in total. The van der Waals surface area contributed by atoms with E-state index in [1.54, 1.807) is 11.3 Å². The second-order valence-corrected chi connectivity index (χ2v) is 4.78. The molecule has 2 heterocycles. The summed E-state index contributed by atoms with van der Waals surface area (Å²) in [4.78, 5) is 12.2. The van der Waals surface area contributed by atoms with Crippen LogP contribution in [0.5, 0.6) is 0 Å². The maximum absolute atomic E-state index is 11.0. The standard InChI is InChI=1S/C11H10N2O2S/c14-11(15)9-7-3-1-2-6-4-5-16-10(6)8(7)12-13-9/h4-5H,1-3H2,(H,12,13)(H,14,15). The monoisotopic (exact) mass is 234 g/mol. The number of nitrogens with one attached hydrogen (secondary N) is 1. The van der Waals surface area contributed by atoms with Gasteiger partial charge in [-0.15, -0.1) is 11.3 Å². The Kier molecular flexibility index (Phi) is 2.07. The number of carbonyl (C=O) groups is 1. The van der Waals surface area contributed by atoms with E-state index in [-0.39, 0.29) is 5.69 Å². The van der Waals surface area contributed by atoms with Gasteiger partial charge in [0.1, 0.15) is 0 Å². The Labute approximate surface area is 95.9 Å². The number of thiophene rings is 1. The first-order valence-electron chi connectivity index (χ1n) is 5.14. The highest BCUT2D eigenvalue weighted by Crippen LogP contribution is 2.36. The van der Waals surface area contributed by atoms with E-state index in [1.165, 1.54) is 5.56 Å². The predicted molar refractivity (Wildman–Crippen MR) is 60.9 cm³/mol. The molecule has 5 heteroatoms. The molecule has 2 aromatic rings. The molecule has 0 bridgehead atoms. The van der Waals surface area contributed by atoms with E-state index in [9.17, 15) is 4.79 Å². The Balaban J connectivity index is 2.23. The normalized spacial score (nSPS) is 14.0. The van der Waals surface area contributed by atoms with Crippen LogP contribution in [0.25, 0.3) is 10.6 Å². The van der Waals surface area contributed by atoms with Gasteiger partial charge in [-0.2, -0.15) is 5.10 Å². The van der Waals surface area contributed by atoms with Gasteiger partial charge in [0.15, 0.2) is 5.69 Å². The maximum atomic E-state index is 11.0. The largest absolute Gasteiger partial charge is 0.476 e. The minimum atomic E-state index is -0.947. The minimum absolute atomic E-state index is 0.177. The van der Waals surface area contributed by atoms with Crippen LogP contribution >= 0.6 is 11.3 Å². The van der Waals surface area contributed by atoms with Crippen LogP contribution in [0.15, 0.2) is 11.4 Å². The lowest BCUT2D eigenvalue weighted by molar-refractivity contribution is 0.0689. The van der Waals surface area contributed by atoms with Gasteiger partial charge in [-0.05, 0) is 36.3 Å². The number of fused-ring (bicyclic) bond motifs is 3. The van der Waals surface area contributed by atoms with Crippen molar-refractivity contribution < 1.29 is 9.90 Å². The van der Waals surface area contributed by atoms with Crippen LogP contribution in [-0.4, -0.2) is 21.3 Å². The number of hydrogen-bond acceptors (Lipinski definition) is 3. The van der Waals surface area contributed by atoms with Gasteiger partial charge in [-0.1, -0.05) is 0 Å². The fraction of sp³-hybridized carbons (Fsp3) is 0.273. The zero-order chi connectivity index (χ0) is 11.1. The summed E-state index contributed by atoms with van der Waals surface area (Å²) in [7, 11) is 0. The van der Waals surface area contributed by atoms with Crippen LogP contribution in [0.2, 0.25) is 0 Å². The van der Waals surface area contributed by atoms with Crippen molar-refractivity contribution in [1.82, 2.24) is 10.2 Å². The van der Waals surface area contributed by atoms with Gasteiger partial charge in [0, 0.05) is 5.56 Å². The lowest BCUT2D eigenvalue weighted by Gasteiger charge is -1.97. The van der Waals surface area contributed by atoms with E-state index < -0.39 is 5.97 Å². The van der Waals surface area contributed by atoms with Crippen molar-refractivity contribution in [2.24, 2.45) is 0 Å². The second-order valence-electron chi connectivity index (χ2n) is 3.86. The smallest absolute Gasteiger partial charge is 0.356 e. The number of aromatic nitrogens is 2. The predicted octanol–water partition coefficient (Wildman–Crippen LogP) is 2.33. The summed E-state index contributed by atoms with van der Waals surface area (Å²) in [5.74, 6) is -0.947. The third-order valence-corrected chi connectivity index (χ3v) is 3.89. The quantitative estimate of drug-likeness (QED) is 0.795. The van der Waals surface area contributed by atoms with Crippen molar-refractivity contribution in [2.75, 3.05) is 0 Å².